The zero-order chi connectivity index (χ0) is 19.2. The van der Waals surface area contributed by atoms with Crippen LogP contribution in [0.2, 0.25) is 0 Å². The first kappa shape index (κ1) is 18.9. The highest BCUT2D eigenvalue weighted by Gasteiger charge is 2.21. The minimum Gasteiger partial charge on any atom is -0.494 e. The lowest BCUT2D eigenvalue weighted by atomic mass is 10.1. The predicted molar refractivity (Wildman–Crippen MR) is 105 cm³/mol. The highest BCUT2D eigenvalue weighted by molar-refractivity contribution is 6.06. The Bertz CT molecular complexity index is 797. The fourth-order valence-electron chi connectivity index (χ4n) is 2.99. The summed E-state index contributed by atoms with van der Waals surface area (Å²) in [6, 6.07) is 14.1. The van der Waals surface area contributed by atoms with E-state index in [9.17, 15) is 9.59 Å². The zero-order valence-corrected chi connectivity index (χ0v) is 15.8. The van der Waals surface area contributed by atoms with Gasteiger partial charge < -0.3 is 19.9 Å². The first-order chi connectivity index (χ1) is 13.1. The number of rotatable bonds is 5. The number of piperazine rings is 1. The Kier molecular flexibility index (Phi) is 6.08. The SMILES string of the molecule is CCOc1ccc(NC(=O)c2cccc(C(=O)N3CCN(C)CC3)c2)cc1. The molecular formula is C21H25N3O3. The summed E-state index contributed by atoms with van der Waals surface area (Å²) in [5, 5.41) is 2.85. The van der Waals surface area contributed by atoms with Crippen LogP contribution >= 0.6 is 0 Å². The van der Waals surface area contributed by atoms with Crippen LogP contribution in [0.1, 0.15) is 27.6 Å². The predicted octanol–water partition coefficient (Wildman–Crippen LogP) is 2.73. The minimum atomic E-state index is -0.243. The number of hydrogen-bond donors (Lipinski definition) is 1. The van der Waals surface area contributed by atoms with E-state index < -0.39 is 0 Å². The fourth-order valence-corrected chi connectivity index (χ4v) is 2.99. The summed E-state index contributed by atoms with van der Waals surface area (Å²) in [4.78, 5) is 29.3. The van der Waals surface area contributed by atoms with E-state index in [4.69, 9.17) is 4.74 Å². The van der Waals surface area contributed by atoms with E-state index in [-0.39, 0.29) is 11.8 Å². The van der Waals surface area contributed by atoms with Crippen molar-refractivity contribution in [3.05, 3.63) is 59.7 Å². The van der Waals surface area contributed by atoms with Crippen molar-refractivity contribution in [3.63, 3.8) is 0 Å². The van der Waals surface area contributed by atoms with E-state index in [1.807, 2.05) is 31.0 Å². The van der Waals surface area contributed by atoms with Crippen molar-refractivity contribution >= 4 is 17.5 Å². The number of ether oxygens (including phenoxy) is 1. The van der Waals surface area contributed by atoms with Gasteiger partial charge >= 0.3 is 0 Å². The molecule has 6 heteroatoms. The molecule has 3 rings (SSSR count). The molecule has 0 bridgehead atoms. The molecule has 0 aromatic heterocycles. The molecular weight excluding hydrogens is 342 g/mol. The van der Waals surface area contributed by atoms with Crippen LogP contribution in [-0.4, -0.2) is 61.4 Å². The van der Waals surface area contributed by atoms with Gasteiger partial charge in [0.05, 0.1) is 6.61 Å². The molecule has 2 aromatic rings. The van der Waals surface area contributed by atoms with Crippen LogP contribution in [0, 0.1) is 0 Å². The Balaban J connectivity index is 1.67. The molecule has 0 unspecified atom stereocenters. The molecule has 0 saturated carbocycles. The Labute approximate surface area is 159 Å². The molecule has 1 heterocycles. The van der Waals surface area contributed by atoms with Gasteiger partial charge in [0.15, 0.2) is 0 Å². The van der Waals surface area contributed by atoms with Crippen molar-refractivity contribution in [1.82, 2.24) is 9.80 Å². The van der Waals surface area contributed by atoms with Crippen molar-refractivity contribution in [2.75, 3.05) is 45.2 Å². The fraction of sp³-hybridized carbons (Fsp3) is 0.333. The Morgan fingerprint density at radius 1 is 1.00 bits per heavy atom. The molecule has 1 aliphatic rings. The van der Waals surface area contributed by atoms with Gasteiger partial charge in [0, 0.05) is 43.0 Å². The third kappa shape index (κ3) is 4.86. The maximum absolute atomic E-state index is 12.7. The summed E-state index contributed by atoms with van der Waals surface area (Å²) < 4.78 is 5.40. The lowest BCUT2D eigenvalue weighted by Crippen LogP contribution is -2.47. The molecule has 1 saturated heterocycles. The summed E-state index contributed by atoms with van der Waals surface area (Å²) in [7, 11) is 2.05. The maximum atomic E-state index is 12.7. The first-order valence-electron chi connectivity index (χ1n) is 9.19. The quantitative estimate of drug-likeness (QED) is 0.883. The van der Waals surface area contributed by atoms with Crippen LogP contribution in [0.3, 0.4) is 0 Å². The van der Waals surface area contributed by atoms with Gasteiger partial charge in [-0.1, -0.05) is 6.07 Å². The Morgan fingerprint density at radius 3 is 2.33 bits per heavy atom. The summed E-state index contributed by atoms with van der Waals surface area (Å²) in [5.74, 6) is 0.487. The van der Waals surface area contributed by atoms with Gasteiger partial charge in [-0.05, 0) is 56.4 Å². The number of carbonyl (C=O) groups is 2. The smallest absolute Gasteiger partial charge is 0.255 e. The molecule has 0 radical (unpaired) electrons. The second-order valence-electron chi connectivity index (χ2n) is 6.59. The third-order valence-electron chi connectivity index (χ3n) is 4.59. The lowest BCUT2D eigenvalue weighted by molar-refractivity contribution is 0.0664. The number of carbonyl (C=O) groups excluding carboxylic acids is 2. The topological polar surface area (TPSA) is 61.9 Å². The van der Waals surface area contributed by atoms with Crippen LogP contribution in [0.15, 0.2) is 48.5 Å². The van der Waals surface area contributed by atoms with Crippen LogP contribution in [0.25, 0.3) is 0 Å². The van der Waals surface area contributed by atoms with Gasteiger partial charge in [0.2, 0.25) is 0 Å². The molecule has 2 aromatic carbocycles. The molecule has 27 heavy (non-hydrogen) atoms. The average Bonchev–Trinajstić information content (AvgIpc) is 2.70. The van der Waals surface area contributed by atoms with E-state index in [2.05, 4.69) is 10.2 Å². The standard InChI is InChI=1S/C21H25N3O3/c1-3-27-19-9-7-18(8-10-19)22-20(25)16-5-4-6-17(15-16)21(26)24-13-11-23(2)12-14-24/h4-10,15H,3,11-14H2,1-2H3,(H,22,25). The third-order valence-corrected chi connectivity index (χ3v) is 4.59. The van der Waals surface area contributed by atoms with Crippen LogP contribution in [0.5, 0.6) is 5.75 Å². The number of anilines is 1. The van der Waals surface area contributed by atoms with E-state index in [1.54, 1.807) is 36.4 Å². The van der Waals surface area contributed by atoms with Crippen molar-refractivity contribution in [1.29, 1.82) is 0 Å². The number of likely N-dealkylation sites (N-methyl/N-ethyl adjacent to an activating group) is 1. The van der Waals surface area contributed by atoms with Gasteiger partial charge in [-0.2, -0.15) is 0 Å². The Morgan fingerprint density at radius 2 is 1.67 bits per heavy atom. The number of nitrogens with one attached hydrogen (secondary N) is 1. The van der Waals surface area contributed by atoms with Gasteiger partial charge in [-0.3, -0.25) is 9.59 Å². The number of benzene rings is 2. The molecule has 0 spiro atoms. The largest absolute Gasteiger partial charge is 0.494 e. The van der Waals surface area contributed by atoms with Gasteiger partial charge in [-0.25, -0.2) is 0 Å². The van der Waals surface area contributed by atoms with E-state index in [0.717, 1.165) is 18.8 Å². The van der Waals surface area contributed by atoms with Crippen molar-refractivity contribution in [2.45, 2.75) is 6.92 Å². The van der Waals surface area contributed by atoms with Gasteiger partial charge in [0.25, 0.3) is 11.8 Å². The normalized spacial score (nSPS) is 14.7. The highest BCUT2D eigenvalue weighted by Crippen LogP contribution is 2.17. The number of hydrogen-bond acceptors (Lipinski definition) is 4. The summed E-state index contributed by atoms with van der Waals surface area (Å²) in [6.07, 6.45) is 0. The lowest BCUT2D eigenvalue weighted by Gasteiger charge is -2.32. The summed E-state index contributed by atoms with van der Waals surface area (Å²) in [5.41, 5.74) is 1.68. The average molecular weight is 367 g/mol. The monoisotopic (exact) mass is 367 g/mol. The second kappa shape index (κ2) is 8.68. The minimum absolute atomic E-state index is 0.0289. The van der Waals surface area contributed by atoms with Crippen LogP contribution in [0.4, 0.5) is 5.69 Å². The van der Waals surface area contributed by atoms with E-state index >= 15 is 0 Å². The highest BCUT2D eigenvalue weighted by atomic mass is 16.5. The Hall–Kier alpha value is -2.86. The second-order valence-corrected chi connectivity index (χ2v) is 6.59. The molecule has 0 aliphatic carbocycles. The van der Waals surface area contributed by atoms with Crippen molar-refractivity contribution < 1.29 is 14.3 Å². The zero-order valence-electron chi connectivity index (χ0n) is 15.8. The molecule has 0 atom stereocenters. The molecule has 1 N–H and O–H groups in total. The van der Waals surface area contributed by atoms with Crippen molar-refractivity contribution in [2.24, 2.45) is 0 Å². The van der Waals surface area contributed by atoms with Crippen molar-refractivity contribution in [3.8, 4) is 5.75 Å². The summed E-state index contributed by atoms with van der Waals surface area (Å²) in [6.45, 7) is 5.66. The summed E-state index contributed by atoms with van der Waals surface area (Å²) >= 11 is 0. The molecule has 2 amide bonds. The van der Waals surface area contributed by atoms with Gasteiger partial charge in [-0.15, -0.1) is 0 Å². The number of amides is 2. The van der Waals surface area contributed by atoms with Crippen LogP contribution < -0.4 is 10.1 Å². The molecule has 1 fully saturated rings. The molecule has 1 aliphatic heterocycles. The van der Waals surface area contributed by atoms with E-state index in [1.165, 1.54) is 0 Å². The van der Waals surface area contributed by atoms with Crippen LogP contribution in [-0.2, 0) is 0 Å². The van der Waals surface area contributed by atoms with E-state index in [0.29, 0.717) is 36.5 Å². The number of nitrogens with zero attached hydrogens (tertiary/aromatic N) is 2. The maximum Gasteiger partial charge on any atom is 0.255 e. The molecule has 6 nitrogen and oxygen atoms in total. The van der Waals surface area contributed by atoms with Gasteiger partial charge in [0.1, 0.15) is 5.75 Å². The first-order valence-corrected chi connectivity index (χ1v) is 9.19. The molecule has 142 valence electrons.